The molecule has 2 unspecified atom stereocenters. The van der Waals surface area contributed by atoms with E-state index in [0.717, 1.165) is 10.5 Å². The van der Waals surface area contributed by atoms with E-state index in [1.54, 1.807) is 41.3 Å². The predicted molar refractivity (Wildman–Crippen MR) is 116 cm³/mol. The number of hydrogen-bond donors (Lipinski definition) is 0. The standard InChI is InChI=1S/C21H18ClN3O4S/c1-12-13(2)30-20-18(12)19(26)24(16-8-6-15(22)7-9-16)21(27)23(20)11-14-4-3-5-17(10-14)25(28)29/h3-10,18,20H,11H2,1-2H3. The van der Waals surface area contributed by atoms with E-state index in [1.165, 1.54) is 28.8 Å². The molecule has 0 N–H and O–H groups in total. The molecule has 0 aliphatic carbocycles. The summed E-state index contributed by atoms with van der Waals surface area (Å²) in [6, 6.07) is 12.3. The Balaban J connectivity index is 1.74. The third-order valence-corrected chi connectivity index (χ3v) is 7.09. The summed E-state index contributed by atoms with van der Waals surface area (Å²) in [6.07, 6.45) is 0. The van der Waals surface area contributed by atoms with Crippen LogP contribution in [0.3, 0.4) is 0 Å². The molecule has 3 amide bonds. The zero-order valence-electron chi connectivity index (χ0n) is 16.2. The number of urea groups is 1. The fourth-order valence-electron chi connectivity index (χ4n) is 3.75. The number of imide groups is 1. The first-order valence-corrected chi connectivity index (χ1v) is 10.5. The molecule has 0 radical (unpaired) electrons. The molecule has 0 bridgehead atoms. The third-order valence-electron chi connectivity index (χ3n) is 5.39. The molecule has 1 saturated heterocycles. The van der Waals surface area contributed by atoms with Crippen molar-refractivity contribution in [3.8, 4) is 0 Å². The van der Waals surface area contributed by atoms with Gasteiger partial charge in [0.2, 0.25) is 5.91 Å². The molecule has 0 spiro atoms. The number of allylic oxidation sites excluding steroid dienone is 1. The molecule has 7 nitrogen and oxygen atoms in total. The normalized spacial score (nSPS) is 21.3. The molecule has 2 aliphatic heterocycles. The van der Waals surface area contributed by atoms with E-state index in [-0.39, 0.29) is 23.5 Å². The van der Waals surface area contributed by atoms with Crippen LogP contribution in [0.15, 0.2) is 59.0 Å². The zero-order chi connectivity index (χ0) is 21.6. The average molecular weight is 444 g/mol. The highest BCUT2D eigenvalue weighted by molar-refractivity contribution is 8.03. The lowest BCUT2D eigenvalue weighted by Crippen LogP contribution is -2.59. The molecule has 2 aromatic carbocycles. The van der Waals surface area contributed by atoms with E-state index in [1.807, 2.05) is 13.8 Å². The van der Waals surface area contributed by atoms with Crippen LogP contribution in [0.4, 0.5) is 16.2 Å². The molecular formula is C21H18ClN3O4S. The number of amides is 3. The number of nitrogens with zero attached hydrogens (tertiary/aromatic N) is 3. The van der Waals surface area contributed by atoms with Crippen LogP contribution in [0.1, 0.15) is 19.4 Å². The fraction of sp³-hybridized carbons (Fsp3) is 0.238. The Morgan fingerprint density at radius 1 is 1.13 bits per heavy atom. The Labute approximate surface area is 182 Å². The number of fused-ring (bicyclic) bond motifs is 1. The largest absolute Gasteiger partial charge is 0.332 e. The number of benzene rings is 2. The minimum Gasteiger partial charge on any atom is -0.306 e. The average Bonchev–Trinajstić information content (AvgIpc) is 3.01. The van der Waals surface area contributed by atoms with Crippen LogP contribution < -0.4 is 4.90 Å². The highest BCUT2D eigenvalue weighted by Gasteiger charge is 2.51. The first-order chi connectivity index (χ1) is 14.3. The van der Waals surface area contributed by atoms with E-state index in [2.05, 4.69) is 0 Å². The summed E-state index contributed by atoms with van der Waals surface area (Å²) < 4.78 is 0. The number of carbonyl (C=O) groups excluding carboxylic acids is 2. The third kappa shape index (κ3) is 3.46. The number of rotatable bonds is 4. The summed E-state index contributed by atoms with van der Waals surface area (Å²) in [7, 11) is 0. The van der Waals surface area contributed by atoms with Gasteiger partial charge < -0.3 is 4.90 Å². The first-order valence-electron chi connectivity index (χ1n) is 9.25. The molecule has 1 fully saturated rings. The van der Waals surface area contributed by atoms with Crippen molar-refractivity contribution < 1.29 is 14.5 Å². The molecular weight excluding hydrogens is 426 g/mol. The molecule has 0 aromatic heterocycles. The number of carbonyl (C=O) groups is 2. The van der Waals surface area contributed by atoms with Crippen molar-refractivity contribution in [3.63, 3.8) is 0 Å². The maximum Gasteiger partial charge on any atom is 0.332 e. The molecule has 2 atom stereocenters. The lowest BCUT2D eigenvalue weighted by molar-refractivity contribution is -0.384. The van der Waals surface area contributed by atoms with Gasteiger partial charge in [0.05, 0.1) is 21.9 Å². The van der Waals surface area contributed by atoms with Gasteiger partial charge >= 0.3 is 6.03 Å². The van der Waals surface area contributed by atoms with Crippen LogP contribution in [-0.4, -0.2) is 27.1 Å². The van der Waals surface area contributed by atoms with Crippen LogP contribution in [0, 0.1) is 16.0 Å². The van der Waals surface area contributed by atoms with Gasteiger partial charge in [-0.05, 0) is 54.2 Å². The molecule has 2 aromatic rings. The summed E-state index contributed by atoms with van der Waals surface area (Å²) in [5.74, 6) is -0.744. The van der Waals surface area contributed by atoms with Crippen molar-refractivity contribution >= 4 is 46.7 Å². The van der Waals surface area contributed by atoms with Crippen LogP contribution in [0.2, 0.25) is 5.02 Å². The molecule has 9 heteroatoms. The summed E-state index contributed by atoms with van der Waals surface area (Å²) in [5, 5.41) is 11.3. The SMILES string of the molecule is CC1=C(C)C2C(=O)N(c3ccc(Cl)cc3)C(=O)N(Cc3cccc([N+](=O)[O-])c3)C2S1. The van der Waals surface area contributed by atoms with Crippen molar-refractivity contribution in [1.29, 1.82) is 0 Å². The zero-order valence-corrected chi connectivity index (χ0v) is 17.8. The Bertz CT molecular complexity index is 1090. The van der Waals surface area contributed by atoms with Gasteiger partial charge in [-0.2, -0.15) is 0 Å². The predicted octanol–water partition coefficient (Wildman–Crippen LogP) is 5.20. The minimum absolute atomic E-state index is 0.0382. The second kappa shape index (κ2) is 7.77. The van der Waals surface area contributed by atoms with E-state index in [0.29, 0.717) is 16.3 Å². The summed E-state index contributed by atoms with van der Waals surface area (Å²) >= 11 is 7.45. The highest BCUT2D eigenvalue weighted by atomic mass is 35.5. The molecule has 154 valence electrons. The van der Waals surface area contributed by atoms with Crippen molar-refractivity contribution in [1.82, 2.24) is 4.90 Å². The number of hydrogen-bond acceptors (Lipinski definition) is 5. The van der Waals surface area contributed by atoms with Gasteiger partial charge in [-0.1, -0.05) is 23.7 Å². The number of nitro benzene ring substituents is 1. The van der Waals surface area contributed by atoms with Crippen LogP contribution in [0.5, 0.6) is 0 Å². The van der Waals surface area contributed by atoms with Crippen molar-refractivity contribution in [2.24, 2.45) is 5.92 Å². The van der Waals surface area contributed by atoms with Gasteiger partial charge in [-0.25, -0.2) is 9.69 Å². The second-order valence-electron chi connectivity index (χ2n) is 7.21. The highest BCUT2D eigenvalue weighted by Crippen LogP contribution is 2.47. The van der Waals surface area contributed by atoms with Gasteiger partial charge in [0.15, 0.2) is 0 Å². The molecule has 4 rings (SSSR count). The fourth-order valence-corrected chi connectivity index (χ4v) is 5.30. The van der Waals surface area contributed by atoms with Gasteiger partial charge in [-0.15, -0.1) is 11.8 Å². The number of halogens is 1. The monoisotopic (exact) mass is 443 g/mol. The number of anilines is 1. The second-order valence-corrected chi connectivity index (χ2v) is 8.98. The number of thioether (sulfide) groups is 1. The van der Waals surface area contributed by atoms with E-state index in [9.17, 15) is 19.7 Å². The summed E-state index contributed by atoms with van der Waals surface area (Å²) in [6.45, 7) is 4.01. The Morgan fingerprint density at radius 3 is 2.50 bits per heavy atom. The maximum absolute atomic E-state index is 13.4. The first kappa shape index (κ1) is 20.4. The van der Waals surface area contributed by atoms with Gasteiger partial charge in [0, 0.05) is 23.7 Å². The van der Waals surface area contributed by atoms with Crippen molar-refractivity contribution in [2.45, 2.75) is 25.8 Å². The quantitative estimate of drug-likeness (QED) is 0.479. The topological polar surface area (TPSA) is 83.8 Å². The van der Waals surface area contributed by atoms with Gasteiger partial charge in [0.25, 0.3) is 5.69 Å². The smallest absolute Gasteiger partial charge is 0.306 e. The molecule has 2 heterocycles. The van der Waals surface area contributed by atoms with Crippen LogP contribution in [-0.2, 0) is 11.3 Å². The summed E-state index contributed by atoms with van der Waals surface area (Å²) in [5.41, 5.74) is 1.97. The van der Waals surface area contributed by atoms with E-state index < -0.39 is 16.9 Å². The van der Waals surface area contributed by atoms with Crippen LogP contribution >= 0.6 is 23.4 Å². The van der Waals surface area contributed by atoms with Crippen molar-refractivity contribution in [2.75, 3.05) is 4.90 Å². The van der Waals surface area contributed by atoms with Gasteiger partial charge in [0.1, 0.15) is 0 Å². The van der Waals surface area contributed by atoms with Crippen LogP contribution in [0.25, 0.3) is 0 Å². The Morgan fingerprint density at radius 2 is 1.83 bits per heavy atom. The molecule has 0 saturated carbocycles. The van der Waals surface area contributed by atoms with Crippen molar-refractivity contribution in [3.05, 3.63) is 79.7 Å². The molecule has 30 heavy (non-hydrogen) atoms. The number of nitro groups is 1. The number of non-ortho nitro benzene ring substituents is 1. The van der Waals surface area contributed by atoms with E-state index in [4.69, 9.17) is 11.6 Å². The Kier molecular flexibility index (Phi) is 5.29. The lowest BCUT2D eigenvalue weighted by Gasteiger charge is -2.42. The molecule has 2 aliphatic rings. The summed E-state index contributed by atoms with van der Waals surface area (Å²) in [4.78, 5) is 41.2. The minimum atomic E-state index is -0.470. The van der Waals surface area contributed by atoms with Gasteiger partial charge in [-0.3, -0.25) is 14.9 Å². The lowest BCUT2D eigenvalue weighted by atomic mass is 9.95. The maximum atomic E-state index is 13.4. The Hall–Kier alpha value is -2.84. The van der Waals surface area contributed by atoms with E-state index >= 15 is 0 Å².